The van der Waals surface area contributed by atoms with Gasteiger partial charge in [-0.1, -0.05) is 36.4 Å². The van der Waals surface area contributed by atoms with Crippen LogP contribution in [0.1, 0.15) is 35.7 Å². The van der Waals surface area contributed by atoms with Crippen LogP contribution in [0.15, 0.2) is 54.6 Å². The summed E-state index contributed by atoms with van der Waals surface area (Å²) < 4.78 is 0. The second kappa shape index (κ2) is 8.99. The molecule has 0 fully saturated rings. The summed E-state index contributed by atoms with van der Waals surface area (Å²) in [7, 11) is 0. The highest BCUT2D eigenvalue weighted by Gasteiger charge is 2.19. The van der Waals surface area contributed by atoms with Gasteiger partial charge in [-0.25, -0.2) is 0 Å². The summed E-state index contributed by atoms with van der Waals surface area (Å²) in [5.74, 6) is -0.649. The van der Waals surface area contributed by atoms with Crippen LogP contribution in [-0.2, 0) is 4.79 Å². The van der Waals surface area contributed by atoms with E-state index in [1.165, 1.54) is 0 Å². The van der Waals surface area contributed by atoms with E-state index in [9.17, 15) is 9.59 Å². The molecule has 5 nitrogen and oxygen atoms in total. The topological polar surface area (TPSA) is 75.4 Å². The van der Waals surface area contributed by atoms with E-state index in [1.54, 1.807) is 29.2 Å². The van der Waals surface area contributed by atoms with Crippen LogP contribution in [0.25, 0.3) is 0 Å². The number of nitrogens with zero attached hydrogens (tertiary/aromatic N) is 1. The summed E-state index contributed by atoms with van der Waals surface area (Å²) in [5.41, 5.74) is 7.82. The monoisotopic (exact) mass is 339 g/mol. The third-order valence-electron chi connectivity index (χ3n) is 4.18. The Hall–Kier alpha value is -2.66. The van der Waals surface area contributed by atoms with E-state index in [-0.39, 0.29) is 18.4 Å². The molecule has 1 atom stereocenters. The van der Waals surface area contributed by atoms with Crippen molar-refractivity contribution in [3.63, 3.8) is 0 Å². The van der Waals surface area contributed by atoms with Gasteiger partial charge in [-0.2, -0.15) is 0 Å². The van der Waals surface area contributed by atoms with E-state index in [0.29, 0.717) is 24.3 Å². The molecule has 0 heterocycles. The van der Waals surface area contributed by atoms with Gasteiger partial charge in [0, 0.05) is 30.9 Å². The van der Waals surface area contributed by atoms with Crippen molar-refractivity contribution < 1.29 is 9.59 Å². The average Bonchev–Trinajstić information content (AvgIpc) is 2.64. The number of anilines is 1. The first-order chi connectivity index (χ1) is 12.1. The minimum atomic E-state index is -0.427. The van der Waals surface area contributed by atoms with E-state index in [1.807, 2.05) is 44.2 Å². The maximum atomic E-state index is 12.6. The number of hydrogen-bond donors (Lipinski definition) is 2. The van der Waals surface area contributed by atoms with Gasteiger partial charge in [-0.3, -0.25) is 9.59 Å². The Morgan fingerprint density at radius 2 is 1.72 bits per heavy atom. The number of benzene rings is 2. The predicted octanol–water partition coefficient (Wildman–Crippen LogP) is 2.85. The van der Waals surface area contributed by atoms with Gasteiger partial charge in [-0.05, 0) is 37.6 Å². The number of nitrogens with one attached hydrogen (secondary N) is 1. The first-order valence-corrected chi connectivity index (χ1v) is 8.55. The molecule has 2 rings (SSSR count). The van der Waals surface area contributed by atoms with Crippen molar-refractivity contribution in [3.8, 4) is 0 Å². The van der Waals surface area contributed by atoms with Crippen LogP contribution in [0.5, 0.6) is 0 Å². The number of amides is 2. The summed E-state index contributed by atoms with van der Waals surface area (Å²) in [6, 6.07) is 16.4. The molecule has 0 aromatic heterocycles. The zero-order chi connectivity index (χ0) is 18.2. The highest BCUT2D eigenvalue weighted by Crippen LogP contribution is 2.18. The van der Waals surface area contributed by atoms with Gasteiger partial charge in [0.25, 0.3) is 5.91 Å². The summed E-state index contributed by atoms with van der Waals surface area (Å²) in [4.78, 5) is 26.8. The van der Waals surface area contributed by atoms with Gasteiger partial charge in [0.15, 0.2) is 0 Å². The molecular formula is C20H25N3O2. The summed E-state index contributed by atoms with van der Waals surface area (Å²) >= 11 is 0. The minimum absolute atomic E-state index is 0.0421. The molecule has 0 aliphatic carbocycles. The number of carbonyl (C=O) groups excluding carboxylic acids is 2. The molecule has 2 amide bonds. The third kappa shape index (κ3) is 4.67. The molecule has 25 heavy (non-hydrogen) atoms. The summed E-state index contributed by atoms with van der Waals surface area (Å²) in [6.07, 6.45) is 0. The Kier molecular flexibility index (Phi) is 6.71. The smallest absolute Gasteiger partial charge is 0.253 e. The maximum absolute atomic E-state index is 12.6. The van der Waals surface area contributed by atoms with Crippen LogP contribution in [0, 0.1) is 0 Å². The van der Waals surface area contributed by atoms with Crippen LogP contribution in [0.3, 0.4) is 0 Å². The molecule has 0 spiro atoms. The van der Waals surface area contributed by atoms with E-state index in [0.717, 1.165) is 5.56 Å². The van der Waals surface area contributed by atoms with Crippen molar-refractivity contribution in [2.24, 2.45) is 5.73 Å². The lowest BCUT2D eigenvalue weighted by molar-refractivity contribution is -0.117. The van der Waals surface area contributed by atoms with Crippen LogP contribution in [0.2, 0.25) is 0 Å². The molecule has 3 N–H and O–H groups in total. The molecule has 2 aromatic carbocycles. The van der Waals surface area contributed by atoms with Crippen LogP contribution in [0.4, 0.5) is 5.69 Å². The lowest BCUT2D eigenvalue weighted by atomic mass is 9.98. The van der Waals surface area contributed by atoms with Crippen LogP contribution in [-0.4, -0.2) is 36.3 Å². The second-order valence-corrected chi connectivity index (χ2v) is 5.75. The normalized spacial score (nSPS) is 11.6. The molecule has 0 radical (unpaired) electrons. The molecule has 0 bridgehead atoms. The molecule has 0 saturated carbocycles. The van der Waals surface area contributed by atoms with Gasteiger partial charge >= 0.3 is 0 Å². The standard InChI is InChI=1S/C20H25N3O2/c1-3-23(4-2)20(25)16-11-8-12-17(13-16)22-19(24)18(14-21)15-9-6-5-7-10-15/h5-13,18H,3-4,14,21H2,1-2H3,(H,22,24). The lowest BCUT2D eigenvalue weighted by Crippen LogP contribution is -2.30. The van der Waals surface area contributed by atoms with Gasteiger partial charge in [0.1, 0.15) is 0 Å². The zero-order valence-electron chi connectivity index (χ0n) is 14.7. The molecule has 0 aliphatic rings. The van der Waals surface area contributed by atoms with Crippen LogP contribution < -0.4 is 11.1 Å². The van der Waals surface area contributed by atoms with Crippen molar-refractivity contribution in [3.05, 3.63) is 65.7 Å². The highest BCUT2D eigenvalue weighted by molar-refractivity contribution is 5.99. The van der Waals surface area contributed by atoms with Gasteiger partial charge in [0.05, 0.1) is 5.92 Å². The molecule has 2 aromatic rings. The van der Waals surface area contributed by atoms with Gasteiger partial charge in [-0.15, -0.1) is 0 Å². The van der Waals surface area contributed by atoms with E-state index in [4.69, 9.17) is 5.73 Å². The molecule has 1 unspecified atom stereocenters. The van der Waals surface area contributed by atoms with Crippen LogP contribution >= 0.6 is 0 Å². The Labute approximate surface area is 148 Å². The first kappa shape index (κ1) is 18.7. The number of nitrogens with two attached hydrogens (primary N) is 1. The Bertz CT molecular complexity index is 712. The summed E-state index contributed by atoms with van der Waals surface area (Å²) in [5, 5.41) is 2.87. The first-order valence-electron chi connectivity index (χ1n) is 8.55. The summed E-state index contributed by atoms with van der Waals surface area (Å²) in [6.45, 7) is 5.40. The van der Waals surface area contributed by atoms with Crippen molar-refractivity contribution in [2.45, 2.75) is 19.8 Å². The molecule has 5 heteroatoms. The fraction of sp³-hybridized carbons (Fsp3) is 0.300. The second-order valence-electron chi connectivity index (χ2n) is 5.75. The van der Waals surface area contributed by atoms with E-state index in [2.05, 4.69) is 5.32 Å². The fourth-order valence-electron chi connectivity index (χ4n) is 2.73. The SMILES string of the molecule is CCN(CC)C(=O)c1cccc(NC(=O)C(CN)c2ccccc2)c1. The lowest BCUT2D eigenvalue weighted by Gasteiger charge is -2.19. The van der Waals surface area contributed by atoms with E-state index < -0.39 is 5.92 Å². The predicted molar refractivity (Wildman–Crippen MR) is 101 cm³/mol. The van der Waals surface area contributed by atoms with E-state index >= 15 is 0 Å². The number of carbonyl (C=O) groups is 2. The third-order valence-corrected chi connectivity index (χ3v) is 4.18. The number of hydrogen-bond acceptors (Lipinski definition) is 3. The van der Waals surface area contributed by atoms with Crippen molar-refractivity contribution >= 4 is 17.5 Å². The average molecular weight is 339 g/mol. The van der Waals surface area contributed by atoms with Crippen molar-refractivity contribution in [2.75, 3.05) is 25.0 Å². The minimum Gasteiger partial charge on any atom is -0.339 e. The Morgan fingerprint density at radius 3 is 2.32 bits per heavy atom. The largest absolute Gasteiger partial charge is 0.339 e. The quantitative estimate of drug-likeness (QED) is 0.814. The number of rotatable bonds is 7. The Morgan fingerprint density at radius 1 is 1.04 bits per heavy atom. The fourth-order valence-corrected chi connectivity index (χ4v) is 2.73. The van der Waals surface area contributed by atoms with Crippen molar-refractivity contribution in [1.29, 1.82) is 0 Å². The maximum Gasteiger partial charge on any atom is 0.253 e. The van der Waals surface area contributed by atoms with Gasteiger partial charge in [0.2, 0.25) is 5.91 Å². The molecule has 132 valence electrons. The molecular weight excluding hydrogens is 314 g/mol. The Balaban J connectivity index is 2.16. The van der Waals surface area contributed by atoms with Crippen molar-refractivity contribution in [1.82, 2.24) is 4.90 Å². The van der Waals surface area contributed by atoms with Gasteiger partial charge < -0.3 is 16.0 Å². The zero-order valence-corrected chi connectivity index (χ0v) is 14.7. The molecule has 0 saturated heterocycles. The highest BCUT2D eigenvalue weighted by atomic mass is 16.2. The molecule has 0 aliphatic heterocycles.